The van der Waals surface area contributed by atoms with Gasteiger partial charge >= 0.3 is 11.9 Å². The third-order valence-electron chi connectivity index (χ3n) is 5.83. The highest BCUT2D eigenvalue weighted by Crippen LogP contribution is 2.26. The summed E-state index contributed by atoms with van der Waals surface area (Å²) in [7, 11) is 0. The van der Waals surface area contributed by atoms with Crippen LogP contribution in [0.25, 0.3) is 0 Å². The van der Waals surface area contributed by atoms with Crippen LogP contribution in [-0.2, 0) is 38.8 Å². The Hall–Kier alpha value is -3.70. The second kappa shape index (κ2) is 13.6. The Morgan fingerprint density at radius 1 is 0.784 bits per heavy atom. The van der Waals surface area contributed by atoms with Crippen molar-refractivity contribution in [3.63, 3.8) is 0 Å². The number of esters is 2. The zero-order valence-electron chi connectivity index (χ0n) is 22.0. The number of nitrogens with zero attached hydrogens (tertiary/aromatic N) is 1. The van der Waals surface area contributed by atoms with Gasteiger partial charge in [0.1, 0.15) is 18.2 Å². The van der Waals surface area contributed by atoms with Crippen molar-refractivity contribution in [2.45, 2.75) is 58.5 Å². The molecule has 5 nitrogen and oxygen atoms in total. The lowest BCUT2D eigenvalue weighted by molar-refractivity contribution is -0.170. The number of hydrogen-bond donors (Lipinski definition) is 0. The molecule has 3 rings (SSSR count). The molecule has 3 aromatic carbocycles. The van der Waals surface area contributed by atoms with E-state index < -0.39 is 29.5 Å². The van der Waals surface area contributed by atoms with Crippen LogP contribution in [0.1, 0.15) is 43.9 Å². The Labute approximate surface area is 220 Å². The topological polar surface area (TPSA) is 55.8 Å². The van der Waals surface area contributed by atoms with E-state index in [2.05, 4.69) is 6.58 Å². The molecule has 0 bridgehead atoms. The van der Waals surface area contributed by atoms with E-state index in [1.165, 1.54) is 0 Å². The molecule has 0 saturated heterocycles. The minimum Gasteiger partial charge on any atom is -0.460 e. The monoisotopic (exact) mass is 499 g/mol. The van der Waals surface area contributed by atoms with Gasteiger partial charge in [-0.3, -0.25) is 14.5 Å². The third kappa shape index (κ3) is 9.03. The normalized spacial score (nSPS) is 13.0. The van der Waals surface area contributed by atoms with Crippen LogP contribution in [0.3, 0.4) is 0 Å². The van der Waals surface area contributed by atoms with E-state index in [4.69, 9.17) is 9.47 Å². The van der Waals surface area contributed by atoms with Gasteiger partial charge in [0, 0.05) is 13.1 Å². The second-order valence-corrected chi connectivity index (χ2v) is 10.1. The number of carbonyl (C=O) groups is 2. The lowest BCUT2D eigenvalue weighted by Gasteiger charge is -2.35. The summed E-state index contributed by atoms with van der Waals surface area (Å²) in [6.45, 7) is 10.4. The maximum absolute atomic E-state index is 13.8. The molecule has 0 radical (unpaired) electrons. The fraction of sp³-hybridized carbons (Fsp3) is 0.312. The molecule has 0 fully saturated rings. The molecule has 0 aliphatic rings. The summed E-state index contributed by atoms with van der Waals surface area (Å²) in [6.07, 6.45) is 1.94. The van der Waals surface area contributed by atoms with E-state index in [0.29, 0.717) is 13.1 Å². The Morgan fingerprint density at radius 3 is 1.68 bits per heavy atom. The predicted molar refractivity (Wildman–Crippen MR) is 146 cm³/mol. The lowest BCUT2D eigenvalue weighted by atomic mass is 9.93. The minimum atomic E-state index is -0.878. The first-order valence-electron chi connectivity index (χ1n) is 12.6. The fourth-order valence-electron chi connectivity index (χ4n) is 4.18. The molecular formula is C32H37NO4. The predicted octanol–water partition coefficient (Wildman–Crippen LogP) is 6.33. The Bertz CT molecular complexity index is 1080. The number of rotatable bonds is 12. The van der Waals surface area contributed by atoms with Crippen LogP contribution in [0.4, 0.5) is 0 Å². The lowest BCUT2D eigenvalue weighted by Crippen LogP contribution is -2.50. The molecule has 3 aromatic rings. The minimum absolute atomic E-state index is 0.121. The summed E-state index contributed by atoms with van der Waals surface area (Å²) in [5, 5.41) is 0. The molecule has 0 heterocycles. The molecule has 1 unspecified atom stereocenters. The van der Waals surface area contributed by atoms with Crippen LogP contribution in [0.2, 0.25) is 0 Å². The first-order valence-corrected chi connectivity index (χ1v) is 12.6. The zero-order valence-corrected chi connectivity index (χ0v) is 22.0. The van der Waals surface area contributed by atoms with Gasteiger partial charge in [0.25, 0.3) is 0 Å². The molecule has 0 aliphatic carbocycles. The van der Waals surface area contributed by atoms with E-state index >= 15 is 0 Å². The van der Waals surface area contributed by atoms with Crippen molar-refractivity contribution in [3.05, 3.63) is 120 Å². The van der Waals surface area contributed by atoms with Crippen molar-refractivity contribution in [2.75, 3.05) is 0 Å². The van der Waals surface area contributed by atoms with Crippen LogP contribution < -0.4 is 0 Å². The number of benzene rings is 3. The zero-order chi connectivity index (χ0) is 26.7. The summed E-state index contributed by atoms with van der Waals surface area (Å²) in [4.78, 5) is 29.3. The highest BCUT2D eigenvalue weighted by molar-refractivity contribution is 5.85. The summed E-state index contributed by atoms with van der Waals surface area (Å²) in [5.41, 5.74) is 2.24. The van der Waals surface area contributed by atoms with Crippen LogP contribution in [-0.4, -0.2) is 28.5 Å². The largest absolute Gasteiger partial charge is 0.460 e. The highest BCUT2D eigenvalue weighted by Gasteiger charge is 2.41. The van der Waals surface area contributed by atoms with Crippen LogP contribution in [0.15, 0.2) is 104 Å². The molecule has 0 saturated carbocycles. The average Bonchev–Trinajstić information content (AvgIpc) is 2.88. The van der Waals surface area contributed by atoms with Gasteiger partial charge in [-0.25, -0.2) is 0 Å². The molecule has 0 aliphatic heterocycles. The Balaban J connectivity index is 2.00. The molecule has 2 atom stereocenters. The smallest absolute Gasteiger partial charge is 0.324 e. The summed E-state index contributed by atoms with van der Waals surface area (Å²) >= 11 is 0. The molecule has 37 heavy (non-hydrogen) atoms. The molecular weight excluding hydrogens is 462 g/mol. The first-order chi connectivity index (χ1) is 17.8. The molecule has 0 spiro atoms. The van der Waals surface area contributed by atoms with E-state index in [1.54, 1.807) is 6.08 Å². The third-order valence-corrected chi connectivity index (χ3v) is 5.83. The summed E-state index contributed by atoms with van der Waals surface area (Å²) in [5.74, 6) is -1.69. The standard InChI is InChI=1S/C32H37NO4/c1-5-15-28(30(34)37-32(2,3)4)29(31(35)36-24-27-20-13-8-14-21-27)33(22-25-16-9-6-10-17-25)23-26-18-11-7-12-19-26/h5-14,16-21,28-29H,1,15,22-24H2,2-4H3/t28?,29-/m0/s1. The SMILES string of the molecule is C=CCC(C(=O)OC(C)(C)C)[C@@H](C(=O)OCc1ccccc1)N(Cc1ccccc1)Cc1ccccc1. The van der Waals surface area contributed by atoms with Gasteiger partial charge in [0.2, 0.25) is 0 Å². The van der Waals surface area contributed by atoms with Crippen molar-refractivity contribution in [1.29, 1.82) is 0 Å². The van der Waals surface area contributed by atoms with Crippen molar-refractivity contribution >= 4 is 11.9 Å². The number of carbonyl (C=O) groups excluding carboxylic acids is 2. The average molecular weight is 500 g/mol. The van der Waals surface area contributed by atoms with Crippen LogP contribution >= 0.6 is 0 Å². The molecule has 194 valence electrons. The maximum Gasteiger partial charge on any atom is 0.324 e. The Morgan fingerprint density at radius 2 is 1.24 bits per heavy atom. The first kappa shape index (κ1) is 27.9. The quantitative estimate of drug-likeness (QED) is 0.215. The van der Waals surface area contributed by atoms with Crippen LogP contribution in [0.5, 0.6) is 0 Å². The van der Waals surface area contributed by atoms with E-state index in [9.17, 15) is 9.59 Å². The van der Waals surface area contributed by atoms with Gasteiger partial charge in [-0.1, -0.05) is 97.1 Å². The molecule has 0 N–H and O–H groups in total. The van der Waals surface area contributed by atoms with Gasteiger partial charge in [-0.15, -0.1) is 6.58 Å². The molecule has 0 aromatic heterocycles. The van der Waals surface area contributed by atoms with Gasteiger partial charge in [-0.05, 0) is 43.9 Å². The number of ether oxygens (including phenoxy) is 2. The van der Waals surface area contributed by atoms with Crippen molar-refractivity contribution in [3.8, 4) is 0 Å². The summed E-state index contributed by atoms with van der Waals surface area (Å²) in [6, 6.07) is 28.5. The van der Waals surface area contributed by atoms with Gasteiger partial charge in [0.05, 0.1) is 5.92 Å². The van der Waals surface area contributed by atoms with E-state index in [0.717, 1.165) is 16.7 Å². The van der Waals surface area contributed by atoms with Crippen molar-refractivity contribution in [1.82, 2.24) is 4.90 Å². The number of allylic oxidation sites excluding steroid dienone is 1. The fourth-order valence-corrected chi connectivity index (χ4v) is 4.18. The molecule has 5 heteroatoms. The van der Waals surface area contributed by atoms with E-state index in [1.807, 2.05) is 117 Å². The van der Waals surface area contributed by atoms with E-state index in [-0.39, 0.29) is 13.0 Å². The van der Waals surface area contributed by atoms with Crippen molar-refractivity contribution < 1.29 is 19.1 Å². The van der Waals surface area contributed by atoms with Gasteiger partial charge in [0.15, 0.2) is 0 Å². The highest BCUT2D eigenvalue weighted by atomic mass is 16.6. The van der Waals surface area contributed by atoms with Gasteiger partial charge in [-0.2, -0.15) is 0 Å². The second-order valence-electron chi connectivity index (χ2n) is 10.1. The van der Waals surface area contributed by atoms with Gasteiger partial charge < -0.3 is 9.47 Å². The maximum atomic E-state index is 13.8. The summed E-state index contributed by atoms with van der Waals surface area (Å²) < 4.78 is 11.6. The van der Waals surface area contributed by atoms with Crippen LogP contribution in [0, 0.1) is 5.92 Å². The Kier molecular flexibility index (Phi) is 10.2. The molecule has 0 amide bonds. The van der Waals surface area contributed by atoms with Crippen molar-refractivity contribution in [2.24, 2.45) is 5.92 Å². The number of hydrogen-bond acceptors (Lipinski definition) is 5.